The van der Waals surface area contributed by atoms with E-state index in [1.54, 1.807) is 4.90 Å². The van der Waals surface area contributed by atoms with Crippen LogP contribution in [0.5, 0.6) is 0 Å². The second kappa shape index (κ2) is 8.65. The Bertz CT molecular complexity index is 1130. The average Bonchev–Trinajstić information content (AvgIpc) is 3.26. The molecule has 0 radical (unpaired) electrons. The van der Waals surface area contributed by atoms with E-state index >= 15 is 0 Å². The van der Waals surface area contributed by atoms with Gasteiger partial charge in [-0.15, -0.1) is 0 Å². The molecule has 0 N–H and O–H groups in total. The van der Waals surface area contributed by atoms with Crippen molar-refractivity contribution in [1.29, 1.82) is 0 Å². The highest BCUT2D eigenvalue weighted by Gasteiger charge is 2.37. The lowest BCUT2D eigenvalue weighted by Gasteiger charge is -2.40. The van der Waals surface area contributed by atoms with Gasteiger partial charge in [0.2, 0.25) is 11.8 Å². The maximum absolute atomic E-state index is 13.9. The minimum absolute atomic E-state index is 0.00564. The first-order chi connectivity index (χ1) is 15.3. The van der Waals surface area contributed by atoms with Crippen LogP contribution >= 0.6 is 0 Å². The zero-order valence-corrected chi connectivity index (χ0v) is 19.4. The number of amides is 2. The minimum Gasteiger partial charge on any atom is -0.331 e. The van der Waals surface area contributed by atoms with Gasteiger partial charge in [0.25, 0.3) is 0 Å². The summed E-state index contributed by atoms with van der Waals surface area (Å²) in [6.45, 7) is 9.77. The van der Waals surface area contributed by atoms with Gasteiger partial charge in [-0.1, -0.05) is 55.8 Å². The lowest BCUT2D eigenvalue weighted by Crippen LogP contribution is -2.49. The average molecular weight is 430 g/mol. The van der Waals surface area contributed by atoms with Crippen molar-refractivity contribution in [1.82, 2.24) is 9.47 Å². The number of aryl methyl sites for hydroxylation is 1. The Morgan fingerprint density at radius 2 is 1.56 bits per heavy atom. The van der Waals surface area contributed by atoms with Crippen LogP contribution in [0.4, 0.5) is 5.69 Å². The summed E-state index contributed by atoms with van der Waals surface area (Å²) >= 11 is 0. The normalized spacial score (nSPS) is 15.0. The number of anilines is 1. The molecular weight excluding hydrogens is 398 g/mol. The van der Waals surface area contributed by atoms with Crippen molar-refractivity contribution in [3.05, 3.63) is 83.7 Å². The molecule has 1 aromatic heterocycles. The number of carbonyl (C=O) groups is 2. The molecule has 1 aliphatic heterocycles. The summed E-state index contributed by atoms with van der Waals surface area (Å²) in [6, 6.07) is 20.1. The number of rotatable bonds is 5. The number of hydrogen-bond acceptors (Lipinski definition) is 2. The molecule has 5 heteroatoms. The van der Waals surface area contributed by atoms with E-state index in [0.717, 1.165) is 22.6 Å². The first-order valence-corrected chi connectivity index (χ1v) is 11.3. The van der Waals surface area contributed by atoms with Crippen LogP contribution in [-0.4, -0.2) is 33.9 Å². The summed E-state index contributed by atoms with van der Waals surface area (Å²) in [5, 5.41) is 0. The third kappa shape index (κ3) is 3.83. The molecule has 0 bridgehead atoms. The van der Waals surface area contributed by atoms with Crippen molar-refractivity contribution >= 4 is 17.5 Å². The predicted octanol–water partition coefficient (Wildman–Crippen LogP) is 5.11. The highest BCUT2D eigenvalue weighted by molar-refractivity contribution is 6.00. The van der Waals surface area contributed by atoms with Crippen molar-refractivity contribution in [3.63, 3.8) is 0 Å². The van der Waals surface area contributed by atoms with Gasteiger partial charge in [0.15, 0.2) is 0 Å². The molecule has 0 spiro atoms. The van der Waals surface area contributed by atoms with Crippen LogP contribution in [0.1, 0.15) is 50.6 Å². The van der Waals surface area contributed by atoms with Crippen LogP contribution < -0.4 is 4.90 Å². The molecule has 0 saturated heterocycles. The summed E-state index contributed by atoms with van der Waals surface area (Å²) in [5.41, 5.74) is 5.08. The van der Waals surface area contributed by atoms with Gasteiger partial charge in [-0.05, 0) is 50.6 Å². The molecule has 4 rings (SSSR count). The fourth-order valence-electron chi connectivity index (χ4n) is 4.39. The van der Waals surface area contributed by atoms with Crippen LogP contribution in [-0.2, 0) is 9.59 Å². The zero-order chi connectivity index (χ0) is 23.0. The fourth-order valence-corrected chi connectivity index (χ4v) is 4.39. The van der Waals surface area contributed by atoms with E-state index in [2.05, 4.69) is 41.8 Å². The summed E-state index contributed by atoms with van der Waals surface area (Å²) in [5.74, 6) is -0.254. The SMILES string of the molecule is Cc1ccc(C2c3cccn3-c3ccccc3N2C(=O)CN(C(=O)C(C)C)C(C)C)cc1. The van der Waals surface area contributed by atoms with Gasteiger partial charge in [0.05, 0.1) is 17.1 Å². The van der Waals surface area contributed by atoms with E-state index in [1.165, 1.54) is 5.56 Å². The Morgan fingerprint density at radius 3 is 2.19 bits per heavy atom. The molecule has 0 fully saturated rings. The molecule has 1 aliphatic rings. The van der Waals surface area contributed by atoms with Crippen molar-refractivity contribution in [2.24, 2.45) is 5.92 Å². The first-order valence-electron chi connectivity index (χ1n) is 11.3. The molecule has 166 valence electrons. The van der Waals surface area contributed by atoms with Crippen LogP contribution in [0.3, 0.4) is 0 Å². The fraction of sp³-hybridized carbons (Fsp3) is 0.333. The quantitative estimate of drug-likeness (QED) is 0.565. The third-order valence-corrected chi connectivity index (χ3v) is 6.09. The lowest BCUT2D eigenvalue weighted by molar-refractivity contribution is -0.139. The van der Waals surface area contributed by atoms with Crippen LogP contribution in [0, 0.1) is 12.8 Å². The molecule has 0 saturated carbocycles. The monoisotopic (exact) mass is 429 g/mol. The lowest BCUT2D eigenvalue weighted by atomic mass is 9.97. The molecule has 2 aromatic carbocycles. The number of aromatic nitrogens is 1. The Hall–Kier alpha value is -3.34. The Morgan fingerprint density at radius 1 is 0.906 bits per heavy atom. The van der Waals surface area contributed by atoms with Crippen LogP contribution in [0.25, 0.3) is 5.69 Å². The van der Waals surface area contributed by atoms with E-state index in [-0.39, 0.29) is 36.4 Å². The Kier molecular flexibility index (Phi) is 5.92. The van der Waals surface area contributed by atoms with Gasteiger partial charge < -0.3 is 9.47 Å². The van der Waals surface area contributed by atoms with Gasteiger partial charge in [-0.25, -0.2) is 0 Å². The van der Waals surface area contributed by atoms with Gasteiger partial charge in [-0.2, -0.15) is 0 Å². The summed E-state index contributed by atoms with van der Waals surface area (Å²) in [4.78, 5) is 30.3. The van der Waals surface area contributed by atoms with Crippen molar-refractivity contribution in [2.45, 2.75) is 46.7 Å². The van der Waals surface area contributed by atoms with Gasteiger partial charge in [0, 0.05) is 18.2 Å². The van der Waals surface area contributed by atoms with Gasteiger partial charge >= 0.3 is 0 Å². The highest BCUT2D eigenvalue weighted by Crippen LogP contribution is 2.42. The molecular formula is C27H31N3O2. The van der Waals surface area contributed by atoms with E-state index < -0.39 is 0 Å². The molecule has 2 amide bonds. The van der Waals surface area contributed by atoms with Crippen molar-refractivity contribution < 1.29 is 9.59 Å². The van der Waals surface area contributed by atoms with Crippen molar-refractivity contribution in [3.8, 4) is 5.69 Å². The molecule has 1 atom stereocenters. The molecule has 5 nitrogen and oxygen atoms in total. The van der Waals surface area contributed by atoms with Crippen LogP contribution in [0.2, 0.25) is 0 Å². The maximum Gasteiger partial charge on any atom is 0.247 e. The Labute approximate surface area is 190 Å². The summed E-state index contributed by atoms with van der Waals surface area (Å²) in [6.07, 6.45) is 2.04. The molecule has 1 unspecified atom stereocenters. The predicted molar refractivity (Wildman–Crippen MR) is 128 cm³/mol. The van der Waals surface area contributed by atoms with Gasteiger partial charge in [0.1, 0.15) is 12.6 Å². The largest absolute Gasteiger partial charge is 0.331 e. The standard InChI is InChI=1S/C27H31N3O2/c1-18(2)27(32)29(19(3)4)17-25(31)30-23-10-7-6-9-22(23)28-16-8-11-24(28)26(30)21-14-12-20(5)13-15-21/h6-16,18-19,26H,17H2,1-5H3. The second-order valence-electron chi connectivity index (χ2n) is 9.08. The summed E-state index contributed by atoms with van der Waals surface area (Å²) < 4.78 is 2.16. The Balaban J connectivity index is 1.82. The van der Waals surface area contributed by atoms with E-state index in [9.17, 15) is 9.59 Å². The third-order valence-electron chi connectivity index (χ3n) is 6.09. The molecule has 0 aliphatic carbocycles. The minimum atomic E-state index is -0.267. The van der Waals surface area contributed by atoms with Crippen LogP contribution in [0.15, 0.2) is 66.9 Å². The number of carbonyl (C=O) groups excluding carboxylic acids is 2. The van der Waals surface area contributed by atoms with Crippen molar-refractivity contribution in [2.75, 3.05) is 11.4 Å². The molecule has 32 heavy (non-hydrogen) atoms. The number of hydrogen-bond donors (Lipinski definition) is 0. The van der Waals surface area contributed by atoms with Gasteiger partial charge in [-0.3, -0.25) is 14.5 Å². The van der Waals surface area contributed by atoms with E-state index in [0.29, 0.717) is 0 Å². The zero-order valence-electron chi connectivity index (χ0n) is 19.4. The number of nitrogens with zero attached hydrogens (tertiary/aromatic N) is 3. The maximum atomic E-state index is 13.9. The molecule has 2 heterocycles. The first kappa shape index (κ1) is 21.9. The number of fused-ring (bicyclic) bond motifs is 3. The second-order valence-corrected chi connectivity index (χ2v) is 9.08. The molecule has 3 aromatic rings. The topological polar surface area (TPSA) is 45.6 Å². The number of benzene rings is 2. The van der Waals surface area contributed by atoms with E-state index in [4.69, 9.17) is 0 Å². The number of para-hydroxylation sites is 2. The summed E-state index contributed by atoms with van der Waals surface area (Å²) in [7, 11) is 0. The highest BCUT2D eigenvalue weighted by atomic mass is 16.2. The smallest absolute Gasteiger partial charge is 0.247 e. The van der Waals surface area contributed by atoms with E-state index in [1.807, 2.05) is 69.1 Å².